The third-order valence-corrected chi connectivity index (χ3v) is 10.9. The molecule has 5 aliphatic rings. The van der Waals surface area contributed by atoms with Crippen LogP contribution in [0.15, 0.2) is 24.3 Å². The first-order valence-electron chi connectivity index (χ1n) is 16.0. The smallest absolute Gasteiger partial charge is 0.124 e. The van der Waals surface area contributed by atoms with Gasteiger partial charge < -0.3 is 9.69 Å². The van der Waals surface area contributed by atoms with Crippen molar-refractivity contribution in [2.45, 2.75) is 121 Å². The Bertz CT molecular complexity index is 761. The van der Waals surface area contributed by atoms with Gasteiger partial charge in [-0.3, -0.25) is 4.90 Å². The van der Waals surface area contributed by atoms with Crippen molar-refractivity contribution in [1.82, 2.24) is 9.80 Å². The second-order valence-electron chi connectivity index (χ2n) is 13.2. The molecule has 2 saturated heterocycles. The molecule has 0 aromatic heterocycles. The number of hydrogen-bond acceptors (Lipinski definition) is 3. The standard InChI is InChI=1S/C33H54N2O/c36-25-29-30-19-15-11-7-3-6-10-14-18-23-35-27-32(30)21-16-12-8-4-1-2-5-9-13-17-22-34-24-20-31(29)33(35,26-32)28-34/h5,9,15,19,25,29-31H,1-4,6-8,10-14,16-18,20-24,26-28H2/b9-5?,19-15-/t29-,30+,31+,32+,33-/m1/s1. The minimum atomic E-state index is 0.220. The van der Waals surface area contributed by atoms with Gasteiger partial charge in [0, 0.05) is 24.5 Å². The van der Waals surface area contributed by atoms with E-state index >= 15 is 0 Å². The van der Waals surface area contributed by atoms with Gasteiger partial charge in [0.15, 0.2) is 0 Å². The van der Waals surface area contributed by atoms with Crippen molar-refractivity contribution >= 4 is 6.29 Å². The molecule has 202 valence electrons. The van der Waals surface area contributed by atoms with Gasteiger partial charge in [-0.15, -0.1) is 0 Å². The highest BCUT2D eigenvalue weighted by Crippen LogP contribution is 2.63. The SMILES string of the molecule is O=C[C@@H]1[C@@H]2/C=C\CCCCCCCCN3C[C@@]24CCCCCCCC=CCCCN2CC[C@@H]1[C@]3(C2)C4. The molecule has 0 amide bonds. The van der Waals surface area contributed by atoms with Gasteiger partial charge in [0.05, 0.1) is 0 Å². The van der Waals surface area contributed by atoms with Crippen LogP contribution in [0.3, 0.4) is 0 Å². The van der Waals surface area contributed by atoms with E-state index < -0.39 is 0 Å². The average Bonchev–Trinajstić information content (AvgIpc) is 3.14. The lowest BCUT2D eigenvalue weighted by Crippen LogP contribution is -2.64. The van der Waals surface area contributed by atoms with Crippen molar-refractivity contribution in [2.75, 3.05) is 32.7 Å². The van der Waals surface area contributed by atoms with Crippen LogP contribution in [0, 0.1) is 23.2 Å². The highest BCUT2D eigenvalue weighted by Gasteiger charge is 2.66. The third-order valence-electron chi connectivity index (χ3n) is 10.9. The molecule has 2 unspecified atom stereocenters. The van der Waals surface area contributed by atoms with Crippen molar-refractivity contribution in [1.29, 1.82) is 0 Å². The van der Waals surface area contributed by atoms with E-state index in [1.807, 2.05) is 0 Å². The number of carbonyl (C=O) groups is 1. The molecule has 0 N–H and O–H groups in total. The maximum atomic E-state index is 12.9. The van der Waals surface area contributed by atoms with Gasteiger partial charge in [0.2, 0.25) is 0 Å². The molecule has 3 nitrogen and oxygen atoms in total. The van der Waals surface area contributed by atoms with Gasteiger partial charge in [-0.2, -0.15) is 0 Å². The van der Waals surface area contributed by atoms with Crippen LogP contribution in [0.4, 0.5) is 0 Å². The van der Waals surface area contributed by atoms with Gasteiger partial charge in [-0.05, 0) is 101 Å². The first-order chi connectivity index (χ1) is 17.8. The molecule has 36 heavy (non-hydrogen) atoms. The lowest BCUT2D eigenvalue weighted by Gasteiger charge is -2.57. The summed E-state index contributed by atoms with van der Waals surface area (Å²) in [7, 11) is 0. The Hall–Kier alpha value is -0.930. The summed E-state index contributed by atoms with van der Waals surface area (Å²) in [5.74, 6) is 1.22. The molecule has 1 aliphatic carbocycles. The number of fused-ring (bicyclic) bond motifs is 2. The monoisotopic (exact) mass is 494 g/mol. The van der Waals surface area contributed by atoms with E-state index in [0.29, 0.717) is 17.3 Å². The van der Waals surface area contributed by atoms with Gasteiger partial charge in [0.25, 0.3) is 0 Å². The molecular formula is C33H54N2O. The van der Waals surface area contributed by atoms with Gasteiger partial charge in [-0.1, -0.05) is 75.7 Å². The third kappa shape index (κ3) is 5.73. The molecule has 7 atom stereocenters. The summed E-state index contributed by atoms with van der Waals surface area (Å²) in [5.41, 5.74) is 0.541. The molecule has 0 radical (unpaired) electrons. The zero-order valence-corrected chi connectivity index (χ0v) is 23.2. The van der Waals surface area contributed by atoms with E-state index in [0.717, 1.165) is 0 Å². The largest absolute Gasteiger partial charge is 0.303 e. The zero-order chi connectivity index (χ0) is 24.7. The first-order valence-corrected chi connectivity index (χ1v) is 16.0. The predicted octanol–water partition coefficient (Wildman–Crippen LogP) is 7.57. The summed E-state index contributed by atoms with van der Waals surface area (Å²) in [6.07, 6.45) is 35.4. The Morgan fingerprint density at radius 3 is 2.19 bits per heavy atom. The van der Waals surface area contributed by atoms with Crippen LogP contribution in [-0.4, -0.2) is 54.3 Å². The lowest BCUT2D eigenvalue weighted by atomic mass is 9.52. The van der Waals surface area contributed by atoms with E-state index in [9.17, 15) is 4.79 Å². The minimum absolute atomic E-state index is 0.220. The summed E-state index contributed by atoms with van der Waals surface area (Å²) < 4.78 is 0. The maximum Gasteiger partial charge on any atom is 0.124 e. The number of allylic oxidation sites excluding steroid dienone is 4. The molecular weight excluding hydrogens is 440 g/mol. The van der Waals surface area contributed by atoms with Crippen molar-refractivity contribution in [3.8, 4) is 0 Å². The molecule has 2 spiro atoms. The summed E-state index contributed by atoms with van der Waals surface area (Å²) in [4.78, 5) is 18.7. The van der Waals surface area contributed by atoms with Crippen LogP contribution >= 0.6 is 0 Å². The molecule has 1 saturated carbocycles. The Morgan fingerprint density at radius 1 is 0.694 bits per heavy atom. The zero-order valence-electron chi connectivity index (χ0n) is 23.2. The second-order valence-corrected chi connectivity index (χ2v) is 13.2. The number of nitrogens with zero attached hydrogens (tertiary/aromatic N) is 2. The van der Waals surface area contributed by atoms with Crippen LogP contribution in [0.2, 0.25) is 0 Å². The van der Waals surface area contributed by atoms with Gasteiger partial charge in [0.1, 0.15) is 6.29 Å². The quantitative estimate of drug-likeness (QED) is 0.277. The molecule has 3 fully saturated rings. The van der Waals surface area contributed by atoms with Crippen LogP contribution in [0.25, 0.3) is 0 Å². The summed E-state index contributed by atoms with van der Waals surface area (Å²) in [6, 6.07) is 0. The van der Waals surface area contributed by atoms with Crippen LogP contribution in [-0.2, 0) is 4.79 Å². The lowest BCUT2D eigenvalue weighted by molar-refractivity contribution is -0.125. The van der Waals surface area contributed by atoms with E-state index in [2.05, 4.69) is 34.1 Å². The highest BCUT2D eigenvalue weighted by atomic mass is 16.1. The number of carbonyl (C=O) groups excluding carboxylic acids is 1. The number of rotatable bonds is 1. The molecule has 0 aromatic carbocycles. The normalized spacial score (nSPS) is 43.9. The molecule has 5 rings (SSSR count). The maximum absolute atomic E-state index is 12.9. The Balaban J connectivity index is 1.48. The fourth-order valence-electron chi connectivity index (χ4n) is 9.23. The fourth-order valence-corrected chi connectivity index (χ4v) is 9.23. The van der Waals surface area contributed by atoms with Crippen LogP contribution in [0.1, 0.15) is 116 Å². The number of hydrogen-bond donors (Lipinski definition) is 0. The van der Waals surface area contributed by atoms with Crippen molar-refractivity contribution in [2.24, 2.45) is 23.2 Å². The summed E-state index contributed by atoms with van der Waals surface area (Å²) in [6.45, 7) is 6.15. The van der Waals surface area contributed by atoms with Gasteiger partial charge in [-0.25, -0.2) is 0 Å². The predicted molar refractivity (Wildman–Crippen MR) is 151 cm³/mol. The Morgan fingerprint density at radius 2 is 1.39 bits per heavy atom. The van der Waals surface area contributed by atoms with Crippen molar-refractivity contribution < 1.29 is 4.79 Å². The van der Waals surface area contributed by atoms with Crippen LogP contribution in [0.5, 0.6) is 0 Å². The Labute approximate surface area is 222 Å². The highest BCUT2D eigenvalue weighted by molar-refractivity contribution is 5.57. The summed E-state index contributed by atoms with van der Waals surface area (Å²) >= 11 is 0. The van der Waals surface area contributed by atoms with E-state index in [-0.39, 0.29) is 11.5 Å². The van der Waals surface area contributed by atoms with Crippen molar-refractivity contribution in [3.05, 3.63) is 24.3 Å². The first kappa shape index (κ1) is 26.7. The van der Waals surface area contributed by atoms with Crippen LogP contribution < -0.4 is 0 Å². The van der Waals surface area contributed by atoms with E-state index in [4.69, 9.17) is 0 Å². The topological polar surface area (TPSA) is 23.6 Å². The van der Waals surface area contributed by atoms with E-state index in [1.54, 1.807) is 0 Å². The second kappa shape index (κ2) is 12.7. The molecule has 4 heterocycles. The van der Waals surface area contributed by atoms with Crippen molar-refractivity contribution in [3.63, 3.8) is 0 Å². The fraction of sp³-hybridized carbons (Fsp3) is 0.848. The van der Waals surface area contributed by atoms with Gasteiger partial charge >= 0.3 is 0 Å². The molecule has 4 bridgehead atoms. The molecule has 0 aromatic rings. The number of piperidine rings is 1. The number of aldehydes is 1. The molecule has 4 aliphatic heterocycles. The summed E-state index contributed by atoms with van der Waals surface area (Å²) in [5, 5.41) is 0. The van der Waals surface area contributed by atoms with E-state index in [1.165, 1.54) is 155 Å². The molecule has 3 heteroatoms. The minimum Gasteiger partial charge on any atom is -0.303 e. The average molecular weight is 495 g/mol. The Kier molecular flexibility index (Phi) is 9.44.